The van der Waals surface area contributed by atoms with E-state index < -0.39 is 0 Å². The highest BCUT2D eigenvalue weighted by molar-refractivity contribution is 5.75. The average Bonchev–Trinajstić information content (AvgIpc) is 2.42. The van der Waals surface area contributed by atoms with Crippen molar-refractivity contribution in [3.63, 3.8) is 0 Å². The molecule has 0 bridgehead atoms. The van der Waals surface area contributed by atoms with Gasteiger partial charge in [-0.3, -0.25) is 0 Å². The second-order valence-electron chi connectivity index (χ2n) is 4.22. The molecule has 0 radical (unpaired) electrons. The number of anilines is 1. The number of hydrogen-bond donors (Lipinski definition) is 1. The van der Waals surface area contributed by atoms with Gasteiger partial charge in [0.2, 0.25) is 0 Å². The number of methoxy groups -OCH3 is 1. The van der Waals surface area contributed by atoms with Gasteiger partial charge in [0.15, 0.2) is 0 Å². The van der Waals surface area contributed by atoms with Crippen molar-refractivity contribution < 1.29 is 9.13 Å². The van der Waals surface area contributed by atoms with Gasteiger partial charge in [-0.15, -0.1) is 0 Å². The van der Waals surface area contributed by atoms with E-state index in [9.17, 15) is 4.39 Å². The maximum atomic E-state index is 14.1. The Morgan fingerprint density at radius 1 is 1.21 bits per heavy atom. The Morgan fingerprint density at radius 3 is 2.58 bits per heavy atom. The van der Waals surface area contributed by atoms with E-state index in [4.69, 9.17) is 15.7 Å². The van der Waals surface area contributed by atoms with Crippen molar-refractivity contribution in [2.75, 3.05) is 12.8 Å². The Labute approximate surface area is 111 Å². The summed E-state index contributed by atoms with van der Waals surface area (Å²) in [5, 5.41) is 8.93. The third-order valence-corrected chi connectivity index (χ3v) is 2.97. The maximum Gasteiger partial charge on any atom is 0.131 e. The lowest BCUT2D eigenvalue weighted by Crippen LogP contribution is -1.96. The molecule has 0 fully saturated rings. The highest BCUT2D eigenvalue weighted by Gasteiger charge is 2.13. The second kappa shape index (κ2) is 4.99. The van der Waals surface area contributed by atoms with E-state index in [1.54, 1.807) is 31.2 Å². The zero-order valence-corrected chi connectivity index (χ0v) is 10.7. The summed E-state index contributed by atoms with van der Waals surface area (Å²) in [7, 11) is 1.50. The van der Waals surface area contributed by atoms with Gasteiger partial charge in [-0.1, -0.05) is 0 Å². The topological polar surface area (TPSA) is 59.0 Å². The van der Waals surface area contributed by atoms with Gasteiger partial charge in [0.05, 0.1) is 18.7 Å². The van der Waals surface area contributed by atoms with Crippen LogP contribution in [0.4, 0.5) is 10.1 Å². The van der Waals surface area contributed by atoms with Crippen LogP contribution in [0.3, 0.4) is 0 Å². The van der Waals surface area contributed by atoms with Gasteiger partial charge in [-0.05, 0) is 42.8 Å². The molecule has 0 spiro atoms. The predicted octanol–water partition coefficient (Wildman–Crippen LogP) is 3.26. The van der Waals surface area contributed by atoms with Crippen molar-refractivity contribution in [1.29, 1.82) is 5.26 Å². The highest BCUT2D eigenvalue weighted by Crippen LogP contribution is 2.34. The molecule has 0 saturated carbocycles. The normalized spacial score (nSPS) is 10.0. The first-order valence-electron chi connectivity index (χ1n) is 5.71. The molecule has 0 heterocycles. The summed E-state index contributed by atoms with van der Waals surface area (Å²) in [6.07, 6.45) is 0. The number of nitrogens with zero attached hydrogens (tertiary/aromatic N) is 1. The molecule has 2 rings (SSSR count). The minimum atomic E-state index is -0.389. The number of rotatable bonds is 2. The van der Waals surface area contributed by atoms with Crippen molar-refractivity contribution in [3.05, 3.63) is 47.3 Å². The lowest BCUT2D eigenvalue weighted by Gasteiger charge is -2.11. The van der Waals surface area contributed by atoms with E-state index >= 15 is 0 Å². The van der Waals surface area contributed by atoms with Crippen molar-refractivity contribution in [2.45, 2.75) is 6.92 Å². The van der Waals surface area contributed by atoms with Gasteiger partial charge in [0.1, 0.15) is 11.6 Å². The minimum Gasteiger partial charge on any atom is -0.496 e. The molecular formula is C15H13FN2O. The Morgan fingerprint density at radius 2 is 1.95 bits per heavy atom. The third kappa shape index (κ3) is 2.36. The lowest BCUT2D eigenvalue weighted by molar-refractivity contribution is 0.416. The first kappa shape index (κ1) is 12.9. The van der Waals surface area contributed by atoms with Gasteiger partial charge in [-0.25, -0.2) is 4.39 Å². The Bertz CT molecular complexity index is 675. The number of hydrogen-bond acceptors (Lipinski definition) is 3. The fourth-order valence-corrected chi connectivity index (χ4v) is 1.88. The quantitative estimate of drug-likeness (QED) is 0.839. The summed E-state index contributed by atoms with van der Waals surface area (Å²) in [6.45, 7) is 1.74. The van der Waals surface area contributed by atoms with Crippen LogP contribution in [0.15, 0.2) is 30.3 Å². The number of benzene rings is 2. The summed E-state index contributed by atoms with van der Waals surface area (Å²) in [5.74, 6) is 0.112. The van der Waals surface area contributed by atoms with Crippen LogP contribution < -0.4 is 10.5 Å². The van der Waals surface area contributed by atoms with Gasteiger partial charge < -0.3 is 10.5 Å². The molecule has 0 amide bonds. The van der Waals surface area contributed by atoms with E-state index in [-0.39, 0.29) is 5.82 Å². The molecule has 3 nitrogen and oxygen atoms in total. The van der Waals surface area contributed by atoms with Crippen molar-refractivity contribution >= 4 is 5.69 Å². The first-order valence-corrected chi connectivity index (χ1v) is 5.71. The third-order valence-electron chi connectivity index (χ3n) is 2.97. The Kier molecular flexibility index (Phi) is 3.39. The number of nitrogen functional groups attached to an aromatic ring is 1. The second-order valence-corrected chi connectivity index (χ2v) is 4.22. The van der Waals surface area contributed by atoms with Crippen LogP contribution in [0.5, 0.6) is 5.75 Å². The molecule has 0 unspecified atom stereocenters. The molecule has 4 heteroatoms. The van der Waals surface area contributed by atoms with Crippen LogP contribution in [0.1, 0.15) is 11.1 Å². The van der Waals surface area contributed by atoms with Crippen molar-refractivity contribution in [1.82, 2.24) is 0 Å². The average molecular weight is 256 g/mol. The van der Waals surface area contributed by atoms with E-state index in [0.717, 1.165) is 0 Å². The molecule has 0 saturated heterocycles. The molecule has 2 aromatic rings. The molecule has 2 N–H and O–H groups in total. The van der Waals surface area contributed by atoms with E-state index in [2.05, 4.69) is 0 Å². The summed E-state index contributed by atoms with van der Waals surface area (Å²) >= 11 is 0. The molecule has 0 aliphatic rings. The Balaban J connectivity index is 2.70. The van der Waals surface area contributed by atoms with Crippen molar-refractivity contribution in [3.8, 4) is 22.9 Å². The summed E-state index contributed by atoms with van der Waals surface area (Å²) in [4.78, 5) is 0. The summed E-state index contributed by atoms with van der Waals surface area (Å²) < 4.78 is 19.3. The van der Waals surface area contributed by atoms with Crippen LogP contribution in [0.2, 0.25) is 0 Å². The van der Waals surface area contributed by atoms with Gasteiger partial charge >= 0.3 is 0 Å². The molecule has 0 aromatic heterocycles. The number of halogens is 1. The number of nitriles is 1. The summed E-state index contributed by atoms with van der Waals surface area (Å²) in [6, 6.07) is 9.82. The zero-order valence-electron chi connectivity index (χ0n) is 10.7. The SMILES string of the molecule is COc1ccc(C#N)cc1-c1cc(N)c(C)cc1F. The van der Waals surface area contributed by atoms with Crippen LogP contribution >= 0.6 is 0 Å². The summed E-state index contributed by atoms with van der Waals surface area (Å²) in [5.41, 5.74) is 8.28. The maximum absolute atomic E-state index is 14.1. The van der Waals surface area contributed by atoms with E-state index in [1.807, 2.05) is 6.07 Å². The molecule has 0 aliphatic carbocycles. The number of aryl methyl sites for hydroxylation is 1. The van der Waals surface area contributed by atoms with Crippen LogP contribution in [0.25, 0.3) is 11.1 Å². The van der Waals surface area contributed by atoms with Crippen LogP contribution in [-0.2, 0) is 0 Å². The first-order chi connectivity index (χ1) is 9.06. The minimum absolute atomic E-state index is 0.331. The van der Waals surface area contributed by atoms with Crippen molar-refractivity contribution in [2.24, 2.45) is 0 Å². The number of ether oxygens (including phenoxy) is 1. The lowest BCUT2D eigenvalue weighted by atomic mass is 9.99. The van der Waals surface area contributed by atoms with Gasteiger partial charge in [0.25, 0.3) is 0 Å². The molecule has 19 heavy (non-hydrogen) atoms. The fourth-order valence-electron chi connectivity index (χ4n) is 1.88. The molecule has 0 aliphatic heterocycles. The van der Waals surface area contributed by atoms with E-state index in [1.165, 1.54) is 13.2 Å². The van der Waals surface area contributed by atoms with Gasteiger partial charge in [-0.2, -0.15) is 5.26 Å². The Hall–Kier alpha value is -2.54. The highest BCUT2D eigenvalue weighted by atomic mass is 19.1. The van der Waals surface area contributed by atoms with Gasteiger partial charge in [0, 0.05) is 16.8 Å². The number of nitrogens with two attached hydrogens (primary N) is 1. The van der Waals surface area contributed by atoms with E-state index in [0.29, 0.717) is 33.7 Å². The molecular weight excluding hydrogens is 243 g/mol. The monoisotopic (exact) mass is 256 g/mol. The molecule has 96 valence electrons. The molecule has 0 atom stereocenters. The predicted molar refractivity (Wildman–Crippen MR) is 72.3 cm³/mol. The standard InChI is InChI=1S/C15H13FN2O/c1-9-5-13(16)11(7-14(9)18)12-6-10(8-17)3-4-15(12)19-2/h3-7H,18H2,1-2H3. The zero-order chi connectivity index (χ0) is 14.0. The van der Waals surface area contributed by atoms with Crippen LogP contribution in [-0.4, -0.2) is 7.11 Å². The van der Waals surface area contributed by atoms with Crippen LogP contribution in [0, 0.1) is 24.1 Å². The largest absolute Gasteiger partial charge is 0.496 e. The smallest absolute Gasteiger partial charge is 0.131 e. The fraction of sp³-hybridized carbons (Fsp3) is 0.133. The molecule has 2 aromatic carbocycles.